The summed E-state index contributed by atoms with van der Waals surface area (Å²) in [6.45, 7) is 1.00. The van der Waals surface area contributed by atoms with Gasteiger partial charge in [0.2, 0.25) is 5.91 Å². The lowest BCUT2D eigenvalue weighted by atomic mass is 10.1. The molecule has 4 heteroatoms. The van der Waals surface area contributed by atoms with E-state index < -0.39 is 0 Å². The summed E-state index contributed by atoms with van der Waals surface area (Å²) in [6.07, 6.45) is 1.91. The van der Waals surface area contributed by atoms with Crippen LogP contribution in [0.4, 0.5) is 0 Å². The quantitative estimate of drug-likeness (QED) is 0.449. The van der Waals surface area contributed by atoms with Gasteiger partial charge in [-0.1, -0.05) is 0 Å². The number of β-lactam (4-membered cyclic amide) rings is 1. The van der Waals surface area contributed by atoms with Crippen LogP contribution in [0.25, 0.3) is 0 Å². The molecule has 11 heavy (non-hydrogen) atoms. The second kappa shape index (κ2) is 2.95. The van der Waals surface area contributed by atoms with Gasteiger partial charge in [0, 0.05) is 12.3 Å². The normalized spacial score (nSPS) is 36.5. The van der Waals surface area contributed by atoms with Crippen LogP contribution in [-0.4, -0.2) is 34.6 Å². The number of carbonyl (C=O) groups is 1. The van der Waals surface area contributed by atoms with Gasteiger partial charge in [-0.25, -0.2) is 0 Å². The van der Waals surface area contributed by atoms with E-state index in [1.54, 1.807) is 0 Å². The molecule has 2 rings (SSSR count). The summed E-state index contributed by atoms with van der Waals surface area (Å²) in [4.78, 5) is 13.0. The first-order valence-electron chi connectivity index (χ1n) is 3.92. The molecule has 0 bridgehead atoms. The fourth-order valence-corrected chi connectivity index (χ4v) is 3.45. The Bertz CT molecular complexity index is 187. The maximum Gasteiger partial charge on any atom is 0.226 e. The Morgan fingerprint density at radius 1 is 1.73 bits per heavy atom. The van der Waals surface area contributed by atoms with Crippen LogP contribution in [-0.2, 0) is 4.79 Å². The number of amides is 1. The van der Waals surface area contributed by atoms with Crippen LogP contribution in [0.15, 0.2) is 0 Å². The minimum absolute atomic E-state index is 0.352. The Labute approximate surface area is 73.3 Å². The van der Waals surface area contributed by atoms with Crippen molar-refractivity contribution < 1.29 is 4.79 Å². The number of hydrogen-bond acceptors (Lipinski definition) is 2. The average molecular weight is 189 g/mol. The molecule has 2 saturated heterocycles. The van der Waals surface area contributed by atoms with Crippen LogP contribution in [0.3, 0.4) is 0 Å². The van der Waals surface area contributed by atoms with E-state index in [0.29, 0.717) is 17.2 Å². The zero-order valence-electron chi connectivity index (χ0n) is 6.32. The highest BCUT2D eigenvalue weighted by Gasteiger charge is 2.40. The van der Waals surface area contributed by atoms with Crippen molar-refractivity contribution >= 4 is 26.9 Å². The largest absolute Gasteiger partial charge is 0.330 e. The summed E-state index contributed by atoms with van der Waals surface area (Å²) in [5, 5.41) is 0.537. The van der Waals surface area contributed by atoms with Gasteiger partial charge in [-0.2, -0.15) is 0 Å². The molecule has 0 aromatic rings. The predicted molar refractivity (Wildman–Crippen MR) is 50.6 cm³/mol. The highest BCUT2D eigenvalue weighted by molar-refractivity contribution is 8.00. The Kier molecular flexibility index (Phi) is 2.11. The van der Waals surface area contributed by atoms with Crippen LogP contribution in [0, 0.1) is 5.92 Å². The highest BCUT2D eigenvalue weighted by Crippen LogP contribution is 2.36. The molecule has 0 radical (unpaired) electrons. The lowest BCUT2D eigenvalue weighted by Crippen LogP contribution is -2.55. The van der Waals surface area contributed by atoms with Crippen molar-refractivity contribution in [1.82, 2.24) is 4.90 Å². The fourth-order valence-electron chi connectivity index (χ4n) is 1.51. The van der Waals surface area contributed by atoms with Crippen molar-refractivity contribution in [1.29, 1.82) is 0 Å². The SMILES string of the molecule is O=C1C[C@H]2SCC(CP)CN12. The second-order valence-corrected chi connectivity index (χ2v) is 4.82. The molecule has 0 saturated carbocycles. The molecule has 2 aliphatic rings. The molecular weight excluding hydrogens is 177 g/mol. The molecule has 0 aromatic carbocycles. The van der Waals surface area contributed by atoms with Crippen LogP contribution >= 0.6 is 21.0 Å². The summed E-state index contributed by atoms with van der Waals surface area (Å²) in [6, 6.07) is 0. The number of fused-ring (bicyclic) bond motifs is 1. The van der Waals surface area contributed by atoms with Gasteiger partial charge in [0.1, 0.15) is 0 Å². The van der Waals surface area contributed by atoms with Gasteiger partial charge < -0.3 is 4.90 Å². The van der Waals surface area contributed by atoms with E-state index in [9.17, 15) is 4.79 Å². The first-order chi connectivity index (χ1) is 5.31. The minimum Gasteiger partial charge on any atom is -0.330 e. The summed E-state index contributed by atoms with van der Waals surface area (Å²) in [7, 11) is 2.76. The van der Waals surface area contributed by atoms with Gasteiger partial charge in [0.25, 0.3) is 0 Å². The first kappa shape index (κ1) is 7.88. The van der Waals surface area contributed by atoms with Crippen molar-refractivity contribution in [2.75, 3.05) is 18.5 Å². The Morgan fingerprint density at radius 3 is 3.18 bits per heavy atom. The molecule has 3 atom stereocenters. The third-order valence-electron chi connectivity index (χ3n) is 2.33. The summed E-state index contributed by atoms with van der Waals surface area (Å²) in [5.41, 5.74) is 0. The van der Waals surface area contributed by atoms with Gasteiger partial charge in [0.05, 0.1) is 11.8 Å². The first-order valence-corrected chi connectivity index (χ1v) is 5.79. The Hall–Kier alpha value is 0.250. The van der Waals surface area contributed by atoms with Crippen LogP contribution in [0.2, 0.25) is 0 Å². The Morgan fingerprint density at radius 2 is 2.55 bits per heavy atom. The van der Waals surface area contributed by atoms with Gasteiger partial charge in [-0.3, -0.25) is 4.79 Å². The standard InChI is InChI=1S/C7H12NOPS/c9-6-1-7-8(6)2-5(3-10)4-11-7/h5,7H,1-4,10H2/t5?,7-/m1/s1. The third-order valence-corrected chi connectivity index (χ3v) is 4.47. The van der Waals surface area contributed by atoms with Crippen LogP contribution in [0.5, 0.6) is 0 Å². The molecule has 2 nitrogen and oxygen atoms in total. The van der Waals surface area contributed by atoms with E-state index in [1.165, 1.54) is 5.75 Å². The number of hydrogen-bond donors (Lipinski definition) is 0. The van der Waals surface area contributed by atoms with Gasteiger partial charge >= 0.3 is 0 Å². The van der Waals surface area contributed by atoms with Crippen molar-refractivity contribution in [2.45, 2.75) is 11.8 Å². The van der Waals surface area contributed by atoms with Crippen molar-refractivity contribution in [2.24, 2.45) is 5.92 Å². The molecule has 2 aliphatic heterocycles. The van der Waals surface area contributed by atoms with Crippen LogP contribution < -0.4 is 0 Å². The summed E-state index contributed by atoms with van der Waals surface area (Å²) >= 11 is 1.94. The molecule has 0 aliphatic carbocycles. The molecule has 0 aromatic heterocycles. The maximum atomic E-state index is 11.0. The lowest BCUT2D eigenvalue weighted by molar-refractivity contribution is -0.142. The summed E-state index contributed by atoms with van der Waals surface area (Å²) < 4.78 is 0. The molecule has 0 N–H and O–H groups in total. The monoisotopic (exact) mass is 189 g/mol. The minimum atomic E-state index is 0.352. The molecule has 1 amide bonds. The molecule has 62 valence electrons. The molecular formula is C7H12NOPS. The smallest absolute Gasteiger partial charge is 0.226 e. The predicted octanol–water partition coefficient (Wildman–Crippen LogP) is 0.783. The molecule has 2 fully saturated rings. The van der Waals surface area contributed by atoms with E-state index in [4.69, 9.17) is 0 Å². The number of rotatable bonds is 1. The maximum absolute atomic E-state index is 11.0. The molecule has 2 heterocycles. The number of carbonyl (C=O) groups excluding carboxylic acids is 1. The van der Waals surface area contributed by atoms with E-state index in [2.05, 4.69) is 9.24 Å². The fraction of sp³-hybridized carbons (Fsp3) is 0.857. The topological polar surface area (TPSA) is 20.3 Å². The number of thioether (sulfide) groups is 1. The van der Waals surface area contributed by atoms with E-state index >= 15 is 0 Å². The van der Waals surface area contributed by atoms with Gasteiger partial charge in [-0.05, 0) is 12.1 Å². The van der Waals surface area contributed by atoms with Crippen molar-refractivity contribution in [3.63, 3.8) is 0 Å². The lowest BCUT2D eigenvalue weighted by Gasteiger charge is -2.46. The van der Waals surface area contributed by atoms with E-state index in [0.717, 1.165) is 19.1 Å². The van der Waals surface area contributed by atoms with Gasteiger partial charge in [-0.15, -0.1) is 21.0 Å². The average Bonchev–Trinajstić information content (AvgIpc) is 2.03. The summed E-state index contributed by atoms with van der Waals surface area (Å²) in [5.74, 6) is 2.30. The third kappa shape index (κ3) is 1.29. The highest BCUT2D eigenvalue weighted by atomic mass is 32.2. The second-order valence-electron chi connectivity index (χ2n) is 3.14. The number of nitrogens with zero attached hydrogens (tertiary/aromatic N) is 1. The van der Waals surface area contributed by atoms with E-state index in [1.807, 2.05) is 16.7 Å². The zero-order valence-corrected chi connectivity index (χ0v) is 8.30. The van der Waals surface area contributed by atoms with Crippen molar-refractivity contribution in [3.8, 4) is 0 Å². The zero-order chi connectivity index (χ0) is 7.84. The van der Waals surface area contributed by atoms with Gasteiger partial charge in [0.15, 0.2) is 0 Å². The Balaban J connectivity index is 1.94. The molecule has 0 spiro atoms. The van der Waals surface area contributed by atoms with Crippen LogP contribution in [0.1, 0.15) is 6.42 Å². The molecule has 2 unspecified atom stereocenters. The van der Waals surface area contributed by atoms with E-state index in [-0.39, 0.29) is 0 Å². The van der Waals surface area contributed by atoms with Crippen molar-refractivity contribution in [3.05, 3.63) is 0 Å².